The number of sulfonamides is 1. The first-order chi connectivity index (χ1) is 16.9. The van der Waals surface area contributed by atoms with Crippen LogP contribution in [0, 0.1) is 0 Å². The van der Waals surface area contributed by atoms with Crippen molar-refractivity contribution in [1.82, 2.24) is 9.21 Å². The van der Waals surface area contributed by atoms with Crippen molar-refractivity contribution >= 4 is 32.4 Å². The quantitative estimate of drug-likeness (QED) is 0.311. The van der Waals surface area contributed by atoms with Gasteiger partial charge in [0, 0.05) is 18.1 Å². The van der Waals surface area contributed by atoms with Gasteiger partial charge in [0.2, 0.25) is 10.0 Å². The Kier molecular flexibility index (Phi) is 8.55. The molecule has 0 aliphatic carbocycles. The summed E-state index contributed by atoms with van der Waals surface area (Å²) in [4.78, 5) is 2.64. The van der Waals surface area contributed by atoms with Gasteiger partial charge in [0.25, 0.3) is 0 Å². The summed E-state index contributed by atoms with van der Waals surface area (Å²) in [5.74, 6) is 1.36. The summed E-state index contributed by atoms with van der Waals surface area (Å²) in [6.45, 7) is 8.97. The molecule has 0 saturated heterocycles. The van der Waals surface area contributed by atoms with Crippen LogP contribution in [-0.2, 0) is 16.6 Å². The Labute approximate surface area is 213 Å². The maximum Gasteiger partial charge on any atom is 0.243 e. The van der Waals surface area contributed by atoms with E-state index in [0.29, 0.717) is 36.3 Å². The van der Waals surface area contributed by atoms with Crippen LogP contribution in [0.1, 0.15) is 32.3 Å². The van der Waals surface area contributed by atoms with Crippen molar-refractivity contribution < 1.29 is 17.9 Å². The molecule has 1 aliphatic heterocycles. The first-order valence-electron chi connectivity index (χ1n) is 12.2. The fourth-order valence-electron chi connectivity index (χ4n) is 4.34. The van der Waals surface area contributed by atoms with Gasteiger partial charge in [0.05, 0.1) is 4.90 Å². The van der Waals surface area contributed by atoms with E-state index in [4.69, 9.17) is 21.1 Å². The molecule has 1 heterocycles. The van der Waals surface area contributed by atoms with Crippen LogP contribution in [0.4, 0.5) is 0 Å². The second kappa shape index (κ2) is 11.6. The molecule has 0 aromatic heterocycles. The van der Waals surface area contributed by atoms with Gasteiger partial charge in [0.15, 0.2) is 11.5 Å². The van der Waals surface area contributed by atoms with Crippen LogP contribution in [0.2, 0.25) is 5.02 Å². The van der Waals surface area contributed by atoms with E-state index < -0.39 is 10.0 Å². The highest BCUT2D eigenvalue weighted by atomic mass is 35.5. The van der Waals surface area contributed by atoms with Crippen LogP contribution in [0.25, 0.3) is 10.8 Å². The number of halogens is 1. The van der Waals surface area contributed by atoms with E-state index in [2.05, 4.69) is 18.7 Å². The lowest BCUT2D eigenvalue weighted by atomic mass is 10.1. The van der Waals surface area contributed by atoms with Crippen molar-refractivity contribution in [2.24, 2.45) is 0 Å². The van der Waals surface area contributed by atoms with Gasteiger partial charge in [-0.05, 0) is 85.2 Å². The summed E-state index contributed by atoms with van der Waals surface area (Å²) in [5, 5.41) is 2.38. The van der Waals surface area contributed by atoms with E-state index in [1.807, 2.05) is 36.4 Å². The first-order valence-corrected chi connectivity index (χ1v) is 14.0. The molecule has 0 amide bonds. The molecule has 0 N–H and O–H groups in total. The van der Waals surface area contributed by atoms with E-state index in [9.17, 15) is 8.42 Å². The maximum atomic E-state index is 13.8. The van der Waals surface area contributed by atoms with Gasteiger partial charge in [0.1, 0.15) is 13.2 Å². The molecule has 0 atom stereocenters. The zero-order valence-corrected chi connectivity index (χ0v) is 21.9. The van der Waals surface area contributed by atoms with Gasteiger partial charge in [-0.2, -0.15) is 4.31 Å². The maximum absolute atomic E-state index is 13.8. The van der Waals surface area contributed by atoms with Crippen molar-refractivity contribution in [3.05, 3.63) is 65.2 Å². The van der Waals surface area contributed by atoms with Gasteiger partial charge < -0.3 is 14.4 Å². The first kappa shape index (κ1) is 25.8. The number of nitrogens with zero attached hydrogens (tertiary/aromatic N) is 2. The number of fused-ring (bicyclic) bond motifs is 2. The predicted octanol–water partition coefficient (Wildman–Crippen LogP) is 5.58. The fourth-order valence-corrected chi connectivity index (χ4v) is 6.02. The molecule has 0 spiro atoms. The van der Waals surface area contributed by atoms with E-state index in [1.165, 1.54) is 0 Å². The molecule has 0 saturated carbocycles. The molecule has 3 aromatic rings. The van der Waals surface area contributed by atoms with Gasteiger partial charge in [-0.15, -0.1) is 0 Å². The number of unbranched alkanes of at least 4 members (excludes halogenated alkanes) is 1. The van der Waals surface area contributed by atoms with Gasteiger partial charge >= 0.3 is 0 Å². The molecule has 188 valence electrons. The molecule has 1 aliphatic rings. The van der Waals surface area contributed by atoms with Crippen LogP contribution in [0.5, 0.6) is 11.5 Å². The van der Waals surface area contributed by atoms with Crippen LogP contribution in [-0.4, -0.2) is 57.0 Å². The Bertz CT molecular complexity index is 1260. The Hall–Kier alpha value is -2.32. The summed E-state index contributed by atoms with van der Waals surface area (Å²) in [6.07, 6.45) is 1.72. The van der Waals surface area contributed by atoms with E-state index in [-0.39, 0.29) is 11.4 Å². The molecule has 8 heteroatoms. The Morgan fingerprint density at radius 3 is 2.29 bits per heavy atom. The van der Waals surface area contributed by atoms with E-state index in [1.54, 1.807) is 22.5 Å². The molecule has 35 heavy (non-hydrogen) atoms. The lowest BCUT2D eigenvalue weighted by molar-refractivity contribution is 0.171. The summed E-state index contributed by atoms with van der Waals surface area (Å²) >= 11 is 6.10. The van der Waals surface area contributed by atoms with Crippen molar-refractivity contribution in [3.8, 4) is 11.5 Å². The summed E-state index contributed by atoms with van der Waals surface area (Å²) in [5.41, 5.74) is 0.870. The normalized spacial score (nSPS) is 13.6. The molecule has 3 aromatic carbocycles. The van der Waals surface area contributed by atoms with Gasteiger partial charge in [-0.1, -0.05) is 43.6 Å². The van der Waals surface area contributed by atoms with Crippen molar-refractivity contribution in [2.45, 2.75) is 38.1 Å². The molecule has 0 bridgehead atoms. The van der Waals surface area contributed by atoms with Crippen LogP contribution in [0.3, 0.4) is 0 Å². The highest BCUT2D eigenvalue weighted by Crippen LogP contribution is 2.32. The third-order valence-corrected chi connectivity index (χ3v) is 8.48. The highest BCUT2D eigenvalue weighted by Gasteiger charge is 2.25. The average Bonchev–Trinajstić information content (AvgIpc) is 2.87. The Balaban J connectivity index is 1.58. The molecule has 6 nitrogen and oxygen atoms in total. The minimum atomic E-state index is -3.72. The zero-order chi connectivity index (χ0) is 24.8. The highest BCUT2D eigenvalue weighted by molar-refractivity contribution is 7.89. The number of rotatable bonds is 11. The monoisotopic (exact) mass is 516 g/mol. The summed E-state index contributed by atoms with van der Waals surface area (Å²) < 4.78 is 40.5. The number of hydrogen-bond acceptors (Lipinski definition) is 5. The number of hydrogen-bond donors (Lipinski definition) is 0. The second-order valence-electron chi connectivity index (χ2n) is 8.70. The van der Waals surface area contributed by atoms with E-state index >= 15 is 0 Å². The lowest BCUT2D eigenvalue weighted by Crippen LogP contribution is -2.32. The lowest BCUT2D eigenvalue weighted by Gasteiger charge is -2.25. The zero-order valence-electron chi connectivity index (χ0n) is 20.4. The van der Waals surface area contributed by atoms with Gasteiger partial charge in [-0.3, -0.25) is 0 Å². The summed E-state index contributed by atoms with van der Waals surface area (Å²) in [7, 11) is -3.72. The standard InChI is InChI=1S/C27H33ClN2O4S/c1-3-29(4-2)13-5-6-14-30(20-21-7-12-26-27(17-21)34-16-15-33-26)35(31,32)25-11-9-22-18-24(28)10-8-23(22)19-25/h7-12,17-19H,3-6,13-16,20H2,1-2H3. The molecule has 0 unspecified atom stereocenters. The minimum absolute atomic E-state index is 0.267. The molecular formula is C27H33ClN2O4S. The fraction of sp³-hybridized carbons (Fsp3) is 0.407. The summed E-state index contributed by atoms with van der Waals surface area (Å²) in [6, 6.07) is 16.3. The average molecular weight is 517 g/mol. The third-order valence-electron chi connectivity index (χ3n) is 6.40. The topological polar surface area (TPSA) is 59.1 Å². The largest absolute Gasteiger partial charge is 0.486 e. The number of benzene rings is 3. The van der Waals surface area contributed by atoms with Crippen LogP contribution < -0.4 is 9.47 Å². The molecule has 4 rings (SSSR count). The smallest absolute Gasteiger partial charge is 0.243 e. The van der Waals surface area contributed by atoms with Crippen LogP contribution in [0.15, 0.2) is 59.5 Å². The Morgan fingerprint density at radius 2 is 1.51 bits per heavy atom. The van der Waals surface area contributed by atoms with Gasteiger partial charge in [-0.25, -0.2) is 8.42 Å². The van der Waals surface area contributed by atoms with Crippen LogP contribution >= 0.6 is 11.6 Å². The Morgan fingerprint density at radius 1 is 0.829 bits per heavy atom. The molecular weight excluding hydrogens is 484 g/mol. The predicted molar refractivity (Wildman–Crippen MR) is 141 cm³/mol. The van der Waals surface area contributed by atoms with Crippen molar-refractivity contribution in [3.63, 3.8) is 0 Å². The van der Waals surface area contributed by atoms with Crippen molar-refractivity contribution in [1.29, 1.82) is 0 Å². The minimum Gasteiger partial charge on any atom is -0.486 e. The van der Waals surface area contributed by atoms with E-state index in [0.717, 1.165) is 48.8 Å². The number of ether oxygens (including phenoxy) is 2. The van der Waals surface area contributed by atoms with Crippen molar-refractivity contribution in [2.75, 3.05) is 39.4 Å². The second-order valence-corrected chi connectivity index (χ2v) is 11.1. The SMILES string of the molecule is CCN(CC)CCCCN(Cc1ccc2c(c1)OCCO2)S(=O)(=O)c1ccc2cc(Cl)ccc2c1. The molecule has 0 fully saturated rings. The molecule has 0 radical (unpaired) electrons. The third kappa shape index (κ3) is 6.28.